The van der Waals surface area contributed by atoms with E-state index >= 15 is 0 Å². The van der Waals surface area contributed by atoms with Gasteiger partial charge in [-0.25, -0.2) is 4.68 Å². The van der Waals surface area contributed by atoms with Crippen molar-refractivity contribution >= 4 is 29.0 Å². The van der Waals surface area contributed by atoms with Crippen molar-refractivity contribution in [3.63, 3.8) is 0 Å². The van der Waals surface area contributed by atoms with Crippen molar-refractivity contribution in [3.05, 3.63) is 39.5 Å². The second-order valence-electron chi connectivity index (χ2n) is 7.37. The molecule has 0 spiro atoms. The molecule has 0 amide bonds. The molecule has 1 aromatic carbocycles. The average Bonchev–Trinajstić information content (AvgIpc) is 2.82. The first-order valence-corrected chi connectivity index (χ1v) is 10.5. The third kappa shape index (κ3) is 3.60. The molecule has 0 bridgehead atoms. The summed E-state index contributed by atoms with van der Waals surface area (Å²) in [5, 5.41) is 9.99. The van der Waals surface area contributed by atoms with E-state index in [1.54, 1.807) is 6.07 Å². The van der Waals surface area contributed by atoms with Gasteiger partial charge in [0.1, 0.15) is 5.82 Å². The Balaban J connectivity index is 1.79. The molecule has 26 heavy (non-hydrogen) atoms. The fraction of sp³-hybridized carbons (Fsp3) is 0.550. The highest BCUT2D eigenvalue weighted by Crippen LogP contribution is 2.36. The molecule has 1 atom stereocenters. The molecule has 1 saturated heterocycles. The Kier molecular flexibility index (Phi) is 5.44. The van der Waals surface area contributed by atoms with Crippen LogP contribution in [-0.2, 0) is 6.42 Å². The van der Waals surface area contributed by atoms with Crippen LogP contribution in [0.25, 0.3) is 5.69 Å². The lowest BCUT2D eigenvalue weighted by Gasteiger charge is -2.31. The first-order chi connectivity index (χ1) is 12.7. The number of benzene rings is 1. The van der Waals surface area contributed by atoms with Gasteiger partial charge in [-0.15, -0.1) is 0 Å². The molecule has 2 aliphatic rings. The van der Waals surface area contributed by atoms with Gasteiger partial charge < -0.3 is 10.2 Å². The van der Waals surface area contributed by atoms with Crippen LogP contribution < -0.4 is 5.32 Å². The molecule has 6 heteroatoms. The van der Waals surface area contributed by atoms with Crippen LogP contribution in [0.3, 0.4) is 0 Å². The Labute approximate surface area is 165 Å². The van der Waals surface area contributed by atoms with Crippen molar-refractivity contribution in [2.24, 2.45) is 0 Å². The molecular weight excluding hydrogens is 367 g/mol. The highest BCUT2D eigenvalue weighted by Gasteiger charge is 2.29. The van der Waals surface area contributed by atoms with E-state index < -0.39 is 0 Å². The molecule has 2 aromatic rings. The number of halogens is 2. The third-order valence-corrected chi connectivity index (χ3v) is 6.03. The first kappa shape index (κ1) is 18.1. The van der Waals surface area contributed by atoms with Gasteiger partial charge in [-0.3, -0.25) is 0 Å². The Hall–Kier alpha value is -1.23. The summed E-state index contributed by atoms with van der Waals surface area (Å²) in [6.07, 6.45) is 5.96. The zero-order chi connectivity index (χ0) is 18.1. The molecule has 0 radical (unpaired) electrons. The van der Waals surface area contributed by atoms with Crippen molar-refractivity contribution in [1.82, 2.24) is 14.7 Å². The monoisotopic (exact) mass is 392 g/mol. The van der Waals surface area contributed by atoms with Gasteiger partial charge in [0.15, 0.2) is 0 Å². The maximum Gasteiger partial charge on any atom is 0.133 e. The quantitative estimate of drug-likeness (QED) is 0.785. The second-order valence-corrected chi connectivity index (χ2v) is 8.24. The van der Waals surface area contributed by atoms with Gasteiger partial charge in [0.25, 0.3) is 0 Å². The summed E-state index contributed by atoms with van der Waals surface area (Å²) in [5.74, 6) is 1.64. The molecule has 0 saturated carbocycles. The Morgan fingerprint density at radius 3 is 2.73 bits per heavy atom. The minimum Gasteiger partial charge on any atom is -0.370 e. The predicted octanol–water partition coefficient (Wildman–Crippen LogP) is 5.13. The van der Waals surface area contributed by atoms with Crippen molar-refractivity contribution in [2.75, 3.05) is 31.5 Å². The van der Waals surface area contributed by atoms with E-state index in [2.05, 4.69) is 17.1 Å². The zero-order valence-corrected chi connectivity index (χ0v) is 16.8. The highest BCUT2D eigenvalue weighted by molar-refractivity contribution is 6.34. The molecular formula is C20H26Cl2N4. The van der Waals surface area contributed by atoms with Crippen LogP contribution in [0, 0.1) is 0 Å². The average molecular weight is 393 g/mol. The minimum absolute atomic E-state index is 0.508. The van der Waals surface area contributed by atoms with Gasteiger partial charge in [-0.2, -0.15) is 5.10 Å². The van der Waals surface area contributed by atoms with Gasteiger partial charge in [0, 0.05) is 34.6 Å². The summed E-state index contributed by atoms with van der Waals surface area (Å²) in [6.45, 7) is 6.66. The van der Waals surface area contributed by atoms with Gasteiger partial charge in [0.05, 0.1) is 11.4 Å². The number of aromatic nitrogens is 2. The first-order valence-electron chi connectivity index (χ1n) is 9.70. The number of anilines is 1. The topological polar surface area (TPSA) is 33.1 Å². The highest BCUT2D eigenvalue weighted by atomic mass is 35.5. The number of nitrogens with one attached hydrogen (secondary N) is 1. The second kappa shape index (κ2) is 7.79. The molecule has 1 aromatic heterocycles. The van der Waals surface area contributed by atoms with Gasteiger partial charge in [-0.05, 0) is 63.4 Å². The summed E-state index contributed by atoms with van der Waals surface area (Å²) in [5.41, 5.74) is 3.59. The van der Waals surface area contributed by atoms with Crippen LogP contribution >= 0.6 is 23.2 Å². The molecule has 0 aliphatic carbocycles. The number of nitrogens with zero attached hydrogens (tertiary/aromatic N) is 3. The van der Waals surface area contributed by atoms with E-state index in [4.69, 9.17) is 28.3 Å². The minimum atomic E-state index is 0.508. The zero-order valence-electron chi connectivity index (χ0n) is 15.3. The Morgan fingerprint density at radius 1 is 1.15 bits per heavy atom. The Bertz CT molecular complexity index is 766. The van der Waals surface area contributed by atoms with Crippen LogP contribution in [-0.4, -0.2) is 40.9 Å². The maximum absolute atomic E-state index is 6.26. The van der Waals surface area contributed by atoms with E-state index in [9.17, 15) is 0 Å². The maximum atomic E-state index is 6.26. The summed E-state index contributed by atoms with van der Waals surface area (Å²) in [4.78, 5) is 2.54. The molecule has 1 N–H and O–H groups in total. The van der Waals surface area contributed by atoms with Crippen LogP contribution in [0.2, 0.25) is 10.0 Å². The Morgan fingerprint density at radius 2 is 1.96 bits per heavy atom. The van der Waals surface area contributed by atoms with Gasteiger partial charge >= 0.3 is 0 Å². The SMILES string of the molecule is CCN1CCCC(c2nn(-c3cc(Cl)cc(Cl)c3)c3c2CCCCN3)C1. The third-order valence-electron chi connectivity index (χ3n) is 5.59. The van der Waals surface area contributed by atoms with Crippen LogP contribution in [0.5, 0.6) is 0 Å². The molecule has 2 aliphatic heterocycles. The van der Waals surface area contributed by atoms with Crippen LogP contribution in [0.1, 0.15) is 49.8 Å². The number of likely N-dealkylation sites (tertiary alicyclic amines) is 1. The summed E-state index contributed by atoms with van der Waals surface area (Å²) >= 11 is 12.5. The van der Waals surface area contributed by atoms with Gasteiger partial charge in [0.2, 0.25) is 0 Å². The molecule has 4 nitrogen and oxygen atoms in total. The predicted molar refractivity (Wildman–Crippen MR) is 109 cm³/mol. The van der Waals surface area contributed by atoms with Crippen molar-refractivity contribution in [1.29, 1.82) is 0 Å². The van der Waals surface area contributed by atoms with E-state index in [0.29, 0.717) is 16.0 Å². The smallest absolute Gasteiger partial charge is 0.133 e. The fourth-order valence-corrected chi connectivity index (χ4v) is 4.79. The van der Waals surface area contributed by atoms with Crippen molar-refractivity contribution < 1.29 is 0 Å². The number of piperidine rings is 1. The number of hydrogen-bond acceptors (Lipinski definition) is 3. The number of fused-ring (bicyclic) bond motifs is 1. The van der Waals surface area contributed by atoms with Crippen molar-refractivity contribution in [3.8, 4) is 5.69 Å². The van der Waals surface area contributed by atoms with E-state index in [-0.39, 0.29) is 0 Å². The van der Waals surface area contributed by atoms with Crippen molar-refractivity contribution in [2.45, 2.75) is 44.9 Å². The standard InChI is InChI=1S/C20H26Cl2N4/c1-2-25-9-5-6-14(13-25)19-18-7-3-4-8-23-20(18)26(24-19)17-11-15(21)10-16(22)12-17/h10-12,14,23H,2-9,13H2,1H3. The normalized spacial score (nSPS) is 21.1. The molecule has 1 unspecified atom stereocenters. The number of hydrogen-bond donors (Lipinski definition) is 1. The van der Waals surface area contributed by atoms with E-state index in [0.717, 1.165) is 37.6 Å². The lowest BCUT2D eigenvalue weighted by atomic mass is 9.91. The molecule has 3 heterocycles. The summed E-state index contributed by atoms with van der Waals surface area (Å²) < 4.78 is 2.03. The van der Waals surface area contributed by atoms with Gasteiger partial charge in [-0.1, -0.05) is 30.1 Å². The lowest BCUT2D eigenvalue weighted by Crippen LogP contribution is -2.34. The summed E-state index contributed by atoms with van der Waals surface area (Å²) in [6, 6.07) is 5.65. The van der Waals surface area contributed by atoms with Crippen LogP contribution in [0.15, 0.2) is 18.2 Å². The molecule has 4 rings (SSSR count). The fourth-order valence-electron chi connectivity index (χ4n) is 4.27. The molecule has 140 valence electrons. The largest absolute Gasteiger partial charge is 0.370 e. The molecule has 1 fully saturated rings. The van der Waals surface area contributed by atoms with Crippen LogP contribution in [0.4, 0.5) is 5.82 Å². The van der Waals surface area contributed by atoms with E-state index in [1.807, 2.05) is 16.8 Å². The lowest BCUT2D eigenvalue weighted by molar-refractivity contribution is 0.215. The number of rotatable bonds is 3. The van der Waals surface area contributed by atoms with E-state index in [1.165, 1.54) is 43.5 Å². The summed E-state index contributed by atoms with van der Waals surface area (Å²) in [7, 11) is 0. The number of likely N-dealkylation sites (N-methyl/N-ethyl adjacent to an activating group) is 1.